The van der Waals surface area contributed by atoms with Gasteiger partial charge in [0.1, 0.15) is 17.6 Å². The Morgan fingerprint density at radius 3 is 2.80 bits per heavy atom. The molecule has 4 nitrogen and oxygen atoms in total. The molecule has 1 saturated heterocycles. The van der Waals surface area contributed by atoms with Crippen molar-refractivity contribution in [1.29, 1.82) is 0 Å². The van der Waals surface area contributed by atoms with Gasteiger partial charge < -0.3 is 14.2 Å². The number of benzene rings is 1. The summed E-state index contributed by atoms with van der Waals surface area (Å²) in [5.74, 6) is 1.23. The standard InChI is InChI=1S/C11H12O4/c1-13-9-2-3-11(8(4-9)5-12)15-10-6-14-7-10/h2-5,10H,6-7H2,1H3. The minimum atomic E-state index is 0.0668. The van der Waals surface area contributed by atoms with Crippen molar-refractivity contribution in [2.45, 2.75) is 6.10 Å². The van der Waals surface area contributed by atoms with E-state index in [1.165, 1.54) is 0 Å². The molecule has 0 saturated carbocycles. The fourth-order valence-corrected chi connectivity index (χ4v) is 1.31. The van der Waals surface area contributed by atoms with Gasteiger partial charge in [-0.05, 0) is 18.2 Å². The van der Waals surface area contributed by atoms with Crippen molar-refractivity contribution in [3.05, 3.63) is 23.8 Å². The normalized spacial score (nSPS) is 15.5. The van der Waals surface area contributed by atoms with Crippen LogP contribution in [0.3, 0.4) is 0 Å². The summed E-state index contributed by atoms with van der Waals surface area (Å²) in [6.45, 7) is 1.18. The SMILES string of the molecule is COc1ccc(OC2COC2)c(C=O)c1. The second-order valence-corrected chi connectivity index (χ2v) is 3.30. The van der Waals surface area contributed by atoms with Gasteiger partial charge >= 0.3 is 0 Å². The molecule has 1 fully saturated rings. The van der Waals surface area contributed by atoms with Gasteiger partial charge in [0, 0.05) is 0 Å². The smallest absolute Gasteiger partial charge is 0.153 e. The number of aldehydes is 1. The lowest BCUT2D eigenvalue weighted by atomic mass is 10.2. The van der Waals surface area contributed by atoms with E-state index in [1.807, 2.05) is 0 Å². The average molecular weight is 208 g/mol. The van der Waals surface area contributed by atoms with Crippen LogP contribution in [0.25, 0.3) is 0 Å². The van der Waals surface area contributed by atoms with E-state index >= 15 is 0 Å². The van der Waals surface area contributed by atoms with E-state index < -0.39 is 0 Å². The molecule has 1 aliphatic rings. The van der Waals surface area contributed by atoms with Crippen molar-refractivity contribution < 1.29 is 19.0 Å². The number of hydrogen-bond acceptors (Lipinski definition) is 4. The van der Waals surface area contributed by atoms with Crippen LogP contribution in [0, 0.1) is 0 Å². The first kappa shape index (κ1) is 9.98. The van der Waals surface area contributed by atoms with Gasteiger partial charge in [-0.3, -0.25) is 4.79 Å². The highest BCUT2D eigenvalue weighted by molar-refractivity contribution is 5.80. The monoisotopic (exact) mass is 208 g/mol. The van der Waals surface area contributed by atoms with E-state index in [9.17, 15) is 4.79 Å². The van der Waals surface area contributed by atoms with Crippen LogP contribution in [-0.4, -0.2) is 32.7 Å². The van der Waals surface area contributed by atoms with Crippen LogP contribution in [0.5, 0.6) is 11.5 Å². The first-order valence-electron chi connectivity index (χ1n) is 4.71. The molecule has 0 spiro atoms. The molecular weight excluding hydrogens is 196 g/mol. The summed E-state index contributed by atoms with van der Waals surface area (Å²) in [5.41, 5.74) is 0.501. The Balaban J connectivity index is 2.17. The van der Waals surface area contributed by atoms with E-state index in [-0.39, 0.29) is 6.10 Å². The first-order valence-corrected chi connectivity index (χ1v) is 4.71. The molecule has 15 heavy (non-hydrogen) atoms. The molecule has 0 atom stereocenters. The first-order chi connectivity index (χ1) is 7.33. The highest BCUT2D eigenvalue weighted by Gasteiger charge is 2.21. The average Bonchev–Trinajstić information content (AvgIpc) is 2.23. The van der Waals surface area contributed by atoms with Crippen molar-refractivity contribution in [3.8, 4) is 11.5 Å². The summed E-state index contributed by atoms with van der Waals surface area (Å²) in [5, 5.41) is 0. The zero-order valence-corrected chi connectivity index (χ0v) is 8.43. The number of rotatable bonds is 4. The molecule has 0 unspecified atom stereocenters. The van der Waals surface area contributed by atoms with Gasteiger partial charge in [0.15, 0.2) is 6.29 Å². The molecule has 0 amide bonds. The van der Waals surface area contributed by atoms with Gasteiger partial charge in [-0.1, -0.05) is 0 Å². The molecule has 0 bridgehead atoms. The molecule has 2 rings (SSSR count). The second kappa shape index (κ2) is 4.31. The van der Waals surface area contributed by atoms with E-state index in [2.05, 4.69) is 0 Å². The van der Waals surface area contributed by atoms with Crippen molar-refractivity contribution in [3.63, 3.8) is 0 Å². The largest absolute Gasteiger partial charge is 0.497 e. The van der Waals surface area contributed by atoms with Crippen LogP contribution in [0.1, 0.15) is 10.4 Å². The van der Waals surface area contributed by atoms with Crippen LogP contribution in [0.4, 0.5) is 0 Å². The molecule has 0 radical (unpaired) electrons. The predicted molar refractivity (Wildman–Crippen MR) is 53.6 cm³/mol. The van der Waals surface area contributed by atoms with Crippen LogP contribution in [-0.2, 0) is 4.74 Å². The zero-order valence-electron chi connectivity index (χ0n) is 8.43. The van der Waals surface area contributed by atoms with Gasteiger partial charge in [0.25, 0.3) is 0 Å². The summed E-state index contributed by atoms with van der Waals surface area (Å²) in [6.07, 6.45) is 0.828. The van der Waals surface area contributed by atoms with Crippen molar-refractivity contribution in [1.82, 2.24) is 0 Å². The lowest BCUT2D eigenvalue weighted by molar-refractivity contribution is -0.0798. The van der Waals surface area contributed by atoms with E-state index in [0.717, 1.165) is 6.29 Å². The minimum absolute atomic E-state index is 0.0668. The Labute approximate surface area is 87.8 Å². The number of carbonyl (C=O) groups is 1. The maximum Gasteiger partial charge on any atom is 0.153 e. The van der Waals surface area contributed by atoms with Crippen LogP contribution in [0.15, 0.2) is 18.2 Å². The summed E-state index contributed by atoms with van der Waals surface area (Å²) in [7, 11) is 1.56. The fraction of sp³-hybridized carbons (Fsp3) is 0.364. The molecule has 1 aromatic rings. The molecular formula is C11H12O4. The third kappa shape index (κ3) is 2.10. The second-order valence-electron chi connectivity index (χ2n) is 3.30. The highest BCUT2D eigenvalue weighted by Crippen LogP contribution is 2.24. The number of ether oxygens (including phenoxy) is 3. The lowest BCUT2D eigenvalue weighted by Gasteiger charge is -2.27. The Bertz CT molecular complexity index is 358. The summed E-state index contributed by atoms with van der Waals surface area (Å²) in [4.78, 5) is 10.8. The molecule has 1 aromatic carbocycles. The Hall–Kier alpha value is -1.55. The van der Waals surface area contributed by atoms with E-state index in [4.69, 9.17) is 14.2 Å². The summed E-state index contributed by atoms with van der Waals surface area (Å²) in [6, 6.07) is 5.16. The van der Waals surface area contributed by atoms with E-state index in [1.54, 1.807) is 25.3 Å². The third-order valence-corrected chi connectivity index (χ3v) is 2.25. The predicted octanol–water partition coefficient (Wildman–Crippen LogP) is 1.29. The number of carbonyl (C=O) groups excluding carboxylic acids is 1. The number of methoxy groups -OCH3 is 1. The topological polar surface area (TPSA) is 44.8 Å². The molecule has 0 N–H and O–H groups in total. The Morgan fingerprint density at radius 1 is 1.47 bits per heavy atom. The third-order valence-electron chi connectivity index (χ3n) is 2.25. The summed E-state index contributed by atoms with van der Waals surface area (Å²) < 4.78 is 15.6. The Morgan fingerprint density at radius 2 is 2.27 bits per heavy atom. The van der Waals surface area contributed by atoms with Gasteiger partial charge in [-0.15, -0.1) is 0 Å². The van der Waals surface area contributed by atoms with E-state index in [0.29, 0.717) is 30.3 Å². The van der Waals surface area contributed by atoms with Crippen molar-refractivity contribution in [2.75, 3.05) is 20.3 Å². The quantitative estimate of drug-likeness (QED) is 0.699. The molecule has 80 valence electrons. The molecule has 4 heteroatoms. The van der Waals surface area contributed by atoms with Gasteiger partial charge in [0.2, 0.25) is 0 Å². The maximum atomic E-state index is 10.8. The molecule has 1 aliphatic heterocycles. The Kier molecular flexibility index (Phi) is 2.87. The molecule has 0 aliphatic carbocycles. The van der Waals surface area contributed by atoms with Crippen LogP contribution >= 0.6 is 0 Å². The van der Waals surface area contributed by atoms with Crippen LogP contribution < -0.4 is 9.47 Å². The maximum absolute atomic E-state index is 10.8. The lowest BCUT2D eigenvalue weighted by Crippen LogP contribution is -2.38. The molecule has 1 heterocycles. The van der Waals surface area contributed by atoms with Crippen LogP contribution in [0.2, 0.25) is 0 Å². The zero-order chi connectivity index (χ0) is 10.7. The minimum Gasteiger partial charge on any atom is -0.497 e. The van der Waals surface area contributed by atoms with Gasteiger partial charge in [0.05, 0.1) is 25.9 Å². The highest BCUT2D eigenvalue weighted by atomic mass is 16.6. The number of hydrogen-bond donors (Lipinski definition) is 0. The van der Waals surface area contributed by atoms with Gasteiger partial charge in [-0.25, -0.2) is 0 Å². The summed E-state index contributed by atoms with van der Waals surface area (Å²) >= 11 is 0. The van der Waals surface area contributed by atoms with Gasteiger partial charge in [-0.2, -0.15) is 0 Å². The van der Waals surface area contributed by atoms with Crippen molar-refractivity contribution in [2.24, 2.45) is 0 Å². The fourth-order valence-electron chi connectivity index (χ4n) is 1.31. The molecule has 0 aromatic heterocycles. The van der Waals surface area contributed by atoms with Crippen molar-refractivity contribution >= 4 is 6.29 Å².